The largest absolute Gasteiger partial charge is 0.465 e. The first-order valence-corrected chi connectivity index (χ1v) is 4.14. The first-order valence-electron chi connectivity index (χ1n) is 4.14. The van der Waals surface area contributed by atoms with Crippen LogP contribution in [0, 0.1) is 10.1 Å². The van der Waals surface area contributed by atoms with Gasteiger partial charge in [-0.05, 0) is 11.6 Å². The van der Waals surface area contributed by atoms with Gasteiger partial charge in [-0.2, -0.15) is 0 Å². The fourth-order valence-corrected chi connectivity index (χ4v) is 1.08. The van der Waals surface area contributed by atoms with Crippen LogP contribution in [-0.2, 0) is 4.74 Å². The molecular weight excluding hydrogens is 198 g/mol. The lowest BCUT2D eigenvalue weighted by Crippen LogP contribution is -2.03. The molecule has 0 aliphatic rings. The molecule has 0 aliphatic carbocycles. The van der Waals surface area contributed by atoms with Gasteiger partial charge in [0, 0.05) is 6.08 Å². The van der Waals surface area contributed by atoms with Gasteiger partial charge in [-0.25, -0.2) is 4.79 Å². The Morgan fingerprint density at radius 3 is 2.73 bits per heavy atom. The molecule has 1 aromatic carbocycles. The molecule has 0 aromatic heterocycles. The van der Waals surface area contributed by atoms with Gasteiger partial charge in [-0.1, -0.05) is 18.2 Å². The van der Waals surface area contributed by atoms with Crippen molar-refractivity contribution in [1.29, 1.82) is 0 Å². The molecule has 0 unspecified atom stereocenters. The Labute approximate surface area is 86.1 Å². The lowest BCUT2D eigenvalue weighted by Gasteiger charge is -2.01. The van der Waals surface area contributed by atoms with Crippen LogP contribution in [0.1, 0.15) is 15.9 Å². The average molecular weight is 207 g/mol. The van der Waals surface area contributed by atoms with Gasteiger partial charge in [0.1, 0.15) is 0 Å². The summed E-state index contributed by atoms with van der Waals surface area (Å²) in [7, 11) is 1.26. The highest BCUT2D eigenvalue weighted by Gasteiger charge is 2.08. The van der Waals surface area contributed by atoms with E-state index in [1.54, 1.807) is 24.3 Å². The fourth-order valence-electron chi connectivity index (χ4n) is 1.08. The van der Waals surface area contributed by atoms with Crippen LogP contribution in [0.15, 0.2) is 30.5 Å². The average Bonchev–Trinajstić information content (AvgIpc) is 2.25. The second-order valence-corrected chi connectivity index (χ2v) is 2.68. The number of nitro groups is 1. The monoisotopic (exact) mass is 207 g/mol. The third-order valence-electron chi connectivity index (χ3n) is 1.74. The summed E-state index contributed by atoms with van der Waals surface area (Å²) in [5.74, 6) is -0.515. The molecule has 0 spiro atoms. The van der Waals surface area contributed by atoms with Crippen molar-refractivity contribution >= 4 is 12.0 Å². The first-order chi connectivity index (χ1) is 7.15. The normalized spacial score (nSPS) is 10.2. The van der Waals surface area contributed by atoms with Crippen LogP contribution in [0.2, 0.25) is 0 Å². The van der Waals surface area contributed by atoms with E-state index >= 15 is 0 Å². The molecule has 0 N–H and O–H groups in total. The van der Waals surface area contributed by atoms with Crippen molar-refractivity contribution in [3.05, 3.63) is 51.7 Å². The Morgan fingerprint density at radius 2 is 2.13 bits per heavy atom. The summed E-state index contributed by atoms with van der Waals surface area (Å²) in [4.78, 5) is 20.8. The molecule has 0 aliphatic heterocycles. The second-order valence-electron chi connectivity index (χ2n) is 2.68. The van der Waals surface area contributed by atoms with Gasteiger partial charge in [0.25, 0.3) is 0 Å². The van der Waals surface area contributed by atoms with E-state index in [0.29, 0.717) is 11.1 Å². The predicted molar refractivity (Wildman–Crippen MR) is 53.8 cm³/mol. The van der Waals surface area contributed by atoms with E-state index in [-0.39, 0.29) is 0 Å². The van der Waals surface area contributed by atoms with Crippen molar-refractivity contribution in [1.82, 2.24) is 0 Å². The van der Waals surface area contributed by atoms with Gasteiger partial charge in [-0.15, -0.1) is 0 Å². The van der Waals surface area contributed by atoms with E-state index in [1.807, 2.05) is 0 Å². The van der Waals surface area contributed by atoms with Crippen molar-refractivity contribution in [2.24, 2.45) is 0 Å². The minimum Gasteiger partial charge on any atom is -0.465 e. The summed E-state index contributed by atoms with van der Waals surface area (Å²) in [5, 5.41) is 10.1. The molecule has 5 nitrogen and oxygen atoms in total. The number of nitrogens with zero attached hydrogens (tertiary/aromatic N) is 1. The van der Waals surface area contributed by atoms with Crippen molar-refractivity contribution in [2.45, 2.75) is 0 Å². The van der Waals surface area contributed by atoms with Gasteiger partial charge >= 0.3 is 5.97 Å². The summed E-state index contributed by atoms with van der Waals surface area (Å²) < 4.78 is 4.54. The van der Waals surface area contributed by atoms with Gasteiger partial charge in [0.05, 0.1) is 17.6 Å². The van der Waals surface area contributed by atoms with Crippen LogP contribution in [0.25, 0.3) is 6.08 Å². The van der Waals surface area contributed by atoms with Crippen LogP contribution in [0.3, 0.4) is 0 Å². The molecule has 0 saturated carbocycles. The maximum absolute atomic E-state index is 11.3. The third-order valence-corrected chi connectivity index (χ3v) is 1.74. The summed E-state index contributed by atoms with van der Waals surface area (Å²) in [6, 6.07) is 6.50. The second kappa shape index (κ2) is 4.90. The maximum Gasteiger partial charge on any atom is 0.338 e. The Hall–Kier alpha value is -2.17. The number of methoxy groups -OCH3 is 1. The molecule has 15 heavy (non-hydrogen) atoms. The topological polar surface area (TPSA) is 69.4 Å². The summed E-state index contributed by atoms with van der Waals surface area (Å²) in [5.41, 5.74) is 0.763. The standard InChI is InChI=1S/C10H9NO4/c1-15-10(12)9-5-3-2-4-8(9)6-7-11(13)14/h2-7H,1H3. The molecule has 0 atom stereocenters. The molecular formula is C10H9NO4. The van der Waals surface area contributed by atoms with E-state index in [9.17, 15) is 14.9 Å². The number of hydrogen-bond donors (Lipinski definition) is 0. The molecule has 0 bridgehead atoms. The zero-order chi connectivity index (χ0) is 11.3. The first kappa shape index (κ1) is 10.9. The summed E-state index contributed by atoms with van der Waals surface area (Å²) in [6.07, 6.45) is 2.04. The highest BCUT2D eigenvalue weighted by atomic mass is 16.6. The number of rotatable bonds is 3. The maximum atomic E-state index is 11.3. The molecule has 78 valence electrons. The summed E-state index contributed by atoms with van der Waals surface area (Å²) >= 11 is 0. The smallest absolute Gasteiger partial charge is 0.338 e. The van der Waals surface area contributed by atoms with Crippen LogP contribution >= 0.6 is 0 Å². The molecule has 1 aromatic rings. The number of esters is 1. The molecule has 0 radical (unpaired) electrons. The van der Waals surface area contributed by atoms with Gasteiger partial charge in [0.2, 0.25) is 6.20 Å². The Balaban J connectivity index is 3.06. The van der Waals surface area contributed by atoms with Crippen LogP contribution < -0.4 is 0 Å². The minimum absolute atomic E-state index is 0.304. The number of hydrogen-bond acceptors (Lipinski definition) is 4. The lowest BCUT2D eigenvalue weighted by molar-refractivity contribution is -0.400. The highest BCUT2D eigenvalue weighted by molar-refractivity contribution is 5.93. The zero-order valence-corrected chi connectivity index (χ0v) is 8.04. The van der Waals surface area contributed by atoms with Crippen LogP contribution in [0.4, 0.5) is 0 Å². The predicted octanol–water partition coefficient (Wildman–Crippen LogP) is 1.72. The lowest BCUT2D eigenvalue weighted by atomic mass is 10.1. The highest BCUT2D eigenvalue weighted by Crippen LogP contribution is 2.11. The number of benzene rings is 1. The molecule has 0 fully saturated rings. The zero-order valence-electron chi connectivity index (χ0n) is 8.04. The van der Waals surface area contributed by atoms with E-state index in [2.05, 4.69) is 4.74 Å². The van der Waals surface area contributed by atoms with E-state index in [1.165, 1.54) is 13.2 Å². The molecule has 5 heteroatoms. The number of carbonyl (C=O) groups is 1. The van der Waals surface area contributed by atoms with E-state index in [0.717, 1.165) is 6.20 Å². The molecule has 0 heterocycles. The number of carbonyl (C=O) groups excluding carboxylic acids is 1. The third kappa shape index (κ3) is 2.91. The van der Waals surface area contributed by atoms with Gasteiger partial charge in [-0.3, -0.25) is 10.1 Å². The molecule has 1 rings (SSSR count). The quantitative estimate of drug-likeness (QED) is 0.430. The molecule has 0 saturated heterocycles. The van der Waals surface area contributed by atoms with Gasteiger partial charge < -0.3 is 4.74 Å². The van der Waals surface area contributed by atoms with E-state index in [4.69, 9.17) is 0 Å². The Kier molecular flexibility index (Phi) is 3.56. The van der Waals surface area contributed by atoms with Crippen molar-refractivity contribution in [3.8, 4) is 0 Å². The van der Waals surface area contributed by atoms with Crippen LogP contribution in [0.5, 0.6) is 0 Å². The van der Waals surface area contributed by atoms with Crippen molar-refractivity contribution < 1.29 is 14.5 Å². The minimum atomic E-state index is -0.589. The van der Waals surface area contributed by atoms with Crippen molar-refractivity contribution in [3.63, 3.8) is 0 Å². The molecule has 0 amide bonds. The Morgan fingerprint density at radius 1 is 1.47 bits per heavy atom. The van der Waals surface area contributed by atoms with Crippen molar-refractivity contribution in [2.75, 3.05) is 7.11 Å². The van der Waals surface area contributed by atoms with Crippen LogP contribution in [-0.4, -0.2) is 18.0 Å². The fraction of sp³-hybridized carbons (Fsp3) is 0.100. The Bertz CT molecular complexity index is 412. The SMILES string of the molecule is COC(=O)c1ccccc1C=C[N+](=O)[O-]. The van der Waals surface area contributed by atoms with E-state index < -0.39 is 10.9 Å². The summed E-state index contributed by atoms with van der Waals surface area (Å²) in [6.45, 7) is 0. The number of ether oxygens (including phenoxy) is 1. The van der Waals surface area contributed by atoms with Gasteiger partial charge in [0.15, 0.2) is 0 Å².